The van der Waals surface area contributed by atoms with Crippen molar-refractivity contribution in [3.63, 3.8) is 0 Å². The maximum absolute atomic E-state index is 6.41. The summed E-state index contributed by atoms with van der Waals surface area (Å²) < 4.78 is 1.97. The van der Waals surface area contributed by atoms with Gasteiger partial charge < -0.3 is 0 Å². The minimum Gasteiger partial charge on any atom is -0.273 e. The van der Waals surface area contributed by atoms with Crippen molar-refractivity contribution in [2.24, 2.45) is 18.9 Å². The van der Waals surface area contributed by atoms with E-state index in [-0.39, 0.29) is 0 Å². The van der Waals surface area contributed by atoms with Gasteiger partial charge in [-0.15, -0.1) is 11.6 Å². The lowest BCUT2D eigenvalue weighted by molar-refractivity contribution is 0.274. The predicted molar refractivity (Wildman–Crippen MR) is 67.7 cm³/mol. The van der Waals surface area contributed by atoms with Crippen molar-refractivity contribution in [1.29, 1.82) is 0 Å². The van der Waals surface area contributed by atoms with Crippen LogP contribution in [0.5, 0.6) is 0 Å². The van der Waals surface area contributed by atoms with Crippen molar-refractivity contribution >= 4 is 11.6 Å². The zero-order valence-electron chi connectivity index (χ0n) is 10.2. The molecule has 3 atom stereocenters. The molecule has 1 aromatic rings. The number of hydrogen-bond donors (Lipinski definition) is 0. The van der Waals surface area contributed by atoms with E-state index in [9.17, 15) is 0 Å². The fraction of sp³-hybridized carbons (Fsp3) is 0.769. The van der Waals surface area contributed by atoms with Crippen LogP contribution in [0.1, 0.15) is 38.3 Å². The van der Waals surface area contributed by atoms with Crippen LogP contribution in [0.3, 0.4) is 0 Å². The summed E-state index contributed by atoms with van der Waals surface area (Å²) in [5, 5.41) is 4.59. The molecule has 1 fully saturated rings. The Morgan fingerprint density at radius 2 is 2.31 bits per heavy atom. The lowest BCUT2D eigenvalue weighted by Crippen LogP contribution is -2.24. The summed E-state index contributed by atoms with van der Waals surface area (Å²) >= 11 is 6.41. The molecule has 0 aromatic carbocycles. The number of halogens is 1. The topological polar surface area (TPSA) is 17.8 Å². The molecular formula is C13H21ClN2. The monoisotopic (exact) mass is 240 g/mol. The summed E-state index contributed by atoms with van der Waals surface area (Å²) in [5.41, 5.74) is 1.32. The van der Waals surface area contributed by atoms with Gasteiger partial charge >= 0.3 is 0 Å². The van der Waals surface area contributed by atoms with Crippen molar-refractivity contribution in [3.05, 3.63) is 18.0 Å². The molecule has 0 spiro atoms. The standard InChI is InChI=1S/C13H21ClN2/c1-10-3-6-13(14)11(9-10)4-5-12-7-8-15-16(12)2/h7-8,10-11,13H,3-6,9H2,1-2H3. The fourth-order valence-electron chi connectivity index (χ4n) is 2.74. The molecule has 90 valence electrons. The van der Waals surface area contributed by atoms with Crippen LogP contribution in [0.4, 0.5) is 0 Å². The molecule has 0 saturated heterocycles. The van der Waals surface area contributed by atoms with Crippen molar-refractivity contribution < 1.29 is 0 Å². The summed E-state index contributed by atoms with van der Waals surface area (Å²) in [6.07, 6.45) is 7.98. The number of aryl methyl sites for hydroxylation is 2. The lowest BCUT2D eigenvalue weighted by atomic mass is 9.79. The molecule has 1 aliphatic rings. The van der Waals surface area contributed by atoms with Crippen LogP contribution in [0.2, 0.25) is 0 Å². The molecule has 0 amide bonds. The molecule has 1 saturated carbocycles. The molecule has 16 heavy (non-hydrogen) atoms. The Morgan fingerprint density at radius 3 is 3.00 bits per heavy atom. The lowest BCUT2D eigenvalue weighted by Gasteiger charge is -2.31. The Morgan fingerprint density at radius 1 is 1.50 bits per heavy atom. The van der Waals surface area contributed by atoms with E-state index >= 15 is 0 Å². The number of aromatic nitrogens is 2. The third-order valence-electron chi connectivity index (χ3n) is 3.85. The zero-order chi connectivity index (χ0) is 11.5. The highest BCUT2D eigenvalue weighted by Crippen LogP contribution is 2.35. The van der Waals surface area contributed by atoms with Crippen LogP contribution in [-0.4, -0.2) is 15.2 Å². The molecule has 2 nitrogen and oxygen atoms in total. The summed E-state index contributed by atoms with van der Waals surface area (Å²) in [7, 11) is 2.01. The van der Waals surface area contributed by atoms with E-state index in [4.69, 9.17) is 11.6 Å². The average Bonchev–Trinajstić information content (AvgIpc) is 2.66. The van der Waals surface area contributed by atoms with Gasteiger partial charge in [0.2, 0.25) is 0 Å². The fourth-order valence-corrected chi connectivity index (χ4v) is 3.10. The van der Waals surface area contributed by atoms with E-state index in [1.165, 1.54) is 31.4 Å². The summed E-state index contributed by atoms with van der Waals surface area (Å²) in [4.78, 5) is 0. The van der Waals surface area contributed by atoms with Crippen molar-refractivity contribution in [3.8, 4) is 0 Å². The second-order valence-electron chi connectivity index (χ2n) is 5.18. The van der Waals surface area contributed by atoms with E-state index in [1.807, 2.05) is 17.9 Å². The van der Waals surface area contributed by atoms with Crippen molar-refractivity contribution in [1.82, 2.24) is 9.78 Å². The van der Waals surface area contributed by atoms with Gasteiger partial charge in [-0.1, -0.05) is 6.92 Å². The third-order valence-corrected chi connectivity index (χ3v) is 4.42. The van der Waals surface area contributed by atoms with Crippen LogP contribution in [0.25, 0.3) is 0 Å². The Balaban J connectivity index is 1.87. The van der Waals surface area contributed by atoms with Crippen LogP contribution in [0, 0.1) is 11.8 Å². The highest BCUT2D eigenvalue weighted by molar-refractivity contribution is 6.20. The maximum atomic E-state index is 6.41. The first-order valence-electron chi connectivity index (χ1n) is 6.27. The van der Waals surface area contributed by atoms with E-state index in [1.54, 1.807) is 0 Å². The van der Waals surface area contributed by atoms with Crippen LogP contribution >= 0.6 is 11.6 Å². The predicted octanol–water partition coefficient (Wildman–Crippen LogP) is 3.40. The molecule has 0 aliphatic heterocycles. The number of alkyl halides is 1. The van der Waals surface area contributed by atoms with Crippen LogP contribution in [0.15, 0.2) is 12.3 Å². The minimum absolute atomic E-state index is 0.393. The van der Waals surface area contributed by atoms with Gasteiger partial charge in [0, 0.05) is 24.3 Å². The molecule has 3 unspecified atom stereocenters. The van der Waals surface area contributed by atoms with Gasteiger partial charge in [0.1, 0.15) is 0 Å². The first-order valence-corrected chi connectivity index (χ1v) is 6.71. The van der Waals surface area contributed by atoms with Gasteiger partial charge in [0.25, 0.3) is 0 Å². The quantitative estimate of drug-likeness (QED) is 0.741. The molecular weight excluding hydrogens is 220 g/mol. The largest absolute Gasteiger partial charge is 0.273 e. The molecule has 0 radical (unpaired) electrons. The third kappa shape index (κ3) is 2.79. The molecule has 3 heteroatoms. The Kier molecular flexibility index (Phi) is 3.91. The minimum atomic E-state index is 0.393. The maximum Gasteiger partial charge on any atom is 0.0492 e. The van der Waals surface area contributed by atoms with Gasteiger partial charge in [-0.25, -0.2) is 0 Å². The summed E-state index contributed by atoms with van der Waals surface area (Å²) in [6.45, 7) is 2.35. The van der Waals surface area contributed by atoms with Gasteiger partial charge in [-0.2, -0.15) is 5.10 Å². The first kappa shape index (κ1) is 12.0. The number of hydrogen-bond acceptors (Lipinski definition) is 1. The number of rotatable bonds is 3. The normalized spacial score (nSPS) is 30.6. The second-order valence-corrected chi connectivity index (χ2v) is 5.74. The smallest absolute Gasteiger partial charge is 0.0492 e. The summed E-state index contributed by atoms with van der Waals surface area (Å²) in [6, 6.07) is 2.11. The second kappa shape index (κ2) is 5.22. The van der Waals surface area contributed by atoms with E-state index in [0.717, 1.165) is 12.3 Å². The van der Waals surface area contributed by atoms with E-state index in [2.05, 4.69) is 18.1 Å². The molecule has 1 aliphatic carbocycles. The van der Waals surface area contributed by atoms with Crippen LogP contribution < -0.4 is 0 Å². The molecule has 0 bridgehead atoms. The van der Waals surface area contributed by atoms with E-state index in [0.29, 0.717) is 11.3 Å². The first-order chi connectivity index (χ1) is 7.66. The zero-order valence-corrected chi connectivity index (χ0v) is 11.0. The molecule has 1 aromatic heterocycles. The summed E-state index contributed by atoms with van der Waals surface area (Å²) in [5.74, 6) is 1.55. The Labute approximate surface area is 103 Å². The highest BCUT2D eigenvalue weighted by Gasteiger charge is 2.26. The molecule has 2 rings (SSSR count). The highest BCUT2D eigenvalue weighted by atomic mass is 35.5. The van der Waals surface area contributed by atoms with E-state index < -0.39 is 0 Å². The van der Waals surface area contributed by atoms with Gasteiger partial charge in [-0.3, -0.25) is 4.68 Å². The SMILES string of the molecule is CC1CCC(Cl)C(CCc2ccnn2C)C1. The van der Waals surface area contributed by atoms with Crippen molar-refractivity contribution in [2.75, 3.05) is 0 Å². The van der Waals surface area contributed by atoms with Gasteiger partial charge in [0.15, 0.2) is 0 Å². The Bertz CT molecular complexity index is 334. The average molecular weight is 241 g/mol. The number of nitrogens with zero attached hydrogens (tertiary/aromatic N) is 2. The van der Waals surface area contributed by atoms with Gasteiger partial charge in [0.05, 0.1) is 0 Å². The molecule has 0 N–H and O–H groups in total. The molecule has 1 heterocycles. The Hall–Kier alpha value is -0.500. The van der Waals surface area contributed by atoms with Gasteiger partial charge in [-0.05, 0) is 50.0 Å². The van der Waals surface area contributed by atoms with Crippen LogP contribution in [-0.2, 0) is 13.5 Å². The van der Waals surface area contributed by atoms with Crippen molar-refractivity contribution in [2.45, 2.75) is 44.4 Å².